The normalized spacial score (nSPS) is 11.3. The van der Waals surface area contributed by atoms with E-state index in [9.17, 15) is 13.2 Å². The Morgan fingerprint density at radius 3 is 2.40 bits per heavy atom. The number of nitrogen functional groups attached to an aromatic ring is 1. The lowest BCUT2D eigenvalue weighted by atomic mass is 10.1. The molecule has 7 nitrogen and oxygen atoms in total. The van der Waals surface area contributed by atoms with E-state index in [2.05, 4.69) is 15.3 Å². The maximum absolute atomic E-state index is 12.8. The first-order chi connectivity index (χ1) is 14.2. The van der Waals surface area contributed by atoms with Crippen molar-refractivity contribution >= 4 is 39.0 Å². The van der Waals surface area contributed by atoms with Crippen molar-refractivity contribution in [1.82, 2.24) is 9.97 Å². The SMILES string of the molecule is Cc1ccc(S(=O)(=O)c2cnc(SCC(=O)Nc3ccc(C)c(C)c3)nc2N)cc1. The van der Waals surface area contributed by atoms with Crippen LogP contribution < -0.4 is 11.1 Å². The molecule has 3 rings (SSSR count). The highest BCUT2D eigenvalue weighted by atomic mass is 32.2. The number of thioether (sulfide) groups is 1. The number of nitrogens with zero attached hydrogens (tertiary/aromatic N) is 2. The zero-order valence-electron chi connectivity index (χ0n) is 16.8. The van der Waals surface area contributed by atoms with Crippen LogP contribution in [0.1, 0.15) is 16.7 Å². The van der Waals surface area contributed by atoms with Crippen molar-refractivity contribution in [1.29, 1.82) is 0 Å². The minimum absolute atomic E-state index is 0.0659. The highest BCUT2D eigenvalue weighted by Gasteiger charge is 2.22. The quantitative estimate of drug-likeness (QED) is 0.443. The third-order valence-corrected chi connectivity index (χ3v) is 7.15. The average molecular weight is 443 g/mol. The fourth-order valence-corrected chi connectivity index (χ4v) is 4.52. The summed E-state index contributed by atoms with van der Waals surface area (Å²) in [4.78, 5) is 20.3. The van der Waals surface area contributed by atoms with Crippen molar-refractivity contribution in [3.05, 3.63) is 65.4 Å². The molecule has 0 aliphatic heterocycles. The van der Waals surface area contributed by atoms with Gasteiger partial charge in [-0.2, -0.15) is 0 Å². The summed E-state index contributed by atoms with van der Waals surface area (Å²) in [5.41, 5.74) is 9.78. The highest BCUT2D eigenvalue weighted by molar-refractivity contribution is 7.99. The zero-order chi connectivity index (χ0) is 21.9. The number of hydrogen-bond acceptors (Lipinski definition) is 7. The highest BCUT2D eigenvalue weighted by Crippen LogP contribution is 2.26. The van der Waals surface area contributed by atoms with E-state index in [-0.39, 0.29) is 32.4 Å². The van der Waals surface area contributed by atoms with Crippen LogP contribution in [0.3, 0.4) is 0 Å². The Labute approximate surface area is 180 Å². The number of carbonyl (C=O) groups is 1. The lowest BCUT2D eigenvalue weighted by molar-refractivity contribution is -0.113. The van der Waals surface area contributed by atoms with Gasteiger partial charge >= 0.3 is 0 Å². The third-order valence-electron chi connectivity index (χ3n) is 4.50. The lowest BCUT2D eigenvalue weighted by Gasteiger charge is -2.09. The van der Waals surface area contributed by atoms with Gasteiger partial charge in [-0.15, -0.1) is 0 Å². The molecule has 0 atom stereocenters. The molecule has 9 heteroatoms. The van der Waals surface area contributed by atoms with Crippen molar-refractivity contribution < 1.29 is 13.2 Å². The summed E-state index contributed by atoms with van der Waals surface area (Å²) < 4.78 is 25.5. The molecular weight excluding hydrogens is 420 g/mol. The fraction of sp³-hybridized carbons (Fsp3) is 0.190. The molecule has 2 aromatic carbocycles. The maximum Gasteiger partial charge on any atom is 0.234 e. The molecule has 156 valence electrons. The van der Waals surface area contributed by atoms with Gasteiger partial charge in [0.2, 0.25) is 15.7 Å². The molecule has 3 N–H and O–H groups in total. The molecule has 1 heterocycles. The molecule has 0 aliphatic rings. The van der Waals surface area contributed by atoms with E-state index in [1.54, 1.807) is 12.1 Å². The Morgan fingerprint density at radius 2 is 1.77 bits per heavy atom. The Balaban J connectivity index is 1.68. The number of anilines is 2. The summed E-state index contributed by atoms with van der Waals surface area (Å²) >= 11 is 1.08. The summed E-state index contributed by atoms with van der Waals surface area (Å²) in [6.45, 7) is 5.85. The van der Waals surface area contributed by atoms with Crippen LogP contribution in [0.15, 0.2) is 63.6 Å². The van der Waals surface area contributed by atoms with Crippen LogP contribution in [0.2, 0.25) is 0 Å². The number of sulfone groups is 1. The van der Waals surface area contributed by atoms with Crippen LogP contribution in [-0.2, 0) is 14.6 Å². The molecule has 1 aromatic heterocycles. The molecule has 0 radical (unpaired) electrons. The molecule has 0 spiro atoms. The fourth-order valence-electron chi connectivity index (χ4n) is 2.63. The standard InChI is InChI=1S/C21H22N4O3S2/c1-13-4-8-17(9-5-13)30(27,28)18-11-23-21(25-20(18)22)29-12-19(26)24-16-7-6-14(2)15(3)10-16/h4-11H,12H2,1-3H3,(H,24,26)(H2,22,23,25). The van der Waals surface area contributed by atoms with Gasteiger partial charge in [-0.05, 0) is 56.2 Å². The number of aromatic nitrogens is 2. The number of carbonyl (C=O) groups excluding carboxylic acids is 1. The van der Waals surface area contributed by atoms with E-state index >= 15 is 0 Å². The van der Waals surface area contributed by atoms with Gasteiger partial charge in [-0.3, -0.25) is 4.79 Å². The maximum atomic E-state index is 12.8. The van der Waals surface area contributed by atoms with Crippen LogP contribution in [0.5, 0.6) is 0 Å². The van der Waals surface area contributed by atoms with E-state index in [1.807, 2.05) is 39.0 Å². The lowest BCUT2D eigenvalue weighted by Crippen LogP contribution is -2.15. The van der Waals surface area contributed by atoms with Gasteiger partial charge in [0.1, 0.15) is 10.7 Å². The van der Waals surface area contributed by atoms with E-state index in [0.29, 0.717) is 5.69 Å². The number of benzene rings is 2. The van der Waals surface area contributed by atoms with E-state index < -0.39 is 9.84 Å². The van der Waals surface area contributed by atoms with Crippen LogP contribution in [0.25, 0.3) is 0 Å². The first kappa shape index (κ1) is 21.8. The van der Waals surface area contributed by atoms with Crippen LogP contribution in [0, 0.1) is 20.8 Å². The van der Waals surface area contributed by atoms with Crippen molar-refractivity contribution in [3.8, 4) is 0 Å². The van der Waals surface area contributed by atoms with Crippen LogP contribution in [-0.4, -0.2) is 30.0 Å². The predicted octanol–water partition coefficient (Wildman–Crippen LogP) is 3.55. The smallest absolute Gasteiger partial charge is 0.234 e. The molecule has 0 saturated carbocycles. The minimum Gasteiger partial charge on any atom is -0.382 e. The number of nitrogens with two attached hydrogens (primary N) is 1. The van der Waals surface area contributed by atoms with E-state index in [4.69, 9.17) is 5.73 Å². The summed E-state index contributed by atoms with van der Waals surface area (Å²) in [6, 6.07) is 12.1. The van der Waals surface area contributed by atoms with E-state index in [1.165, 1.54) is 18.3 Å². The second-order valence-corrected chi connectivity index (χ2v) is 9.72. The Morgan fingerprint density at radius 1 is 1.07 bits per heavy atom. The summed E-state index contributed by atoms with van der Waals surface area (Å²) in [5, 5.41) is 3.04. The monoisotopic (exact) mass is 442 g/mol. The number of aryl methyl sites for hydroxylation is 3. The van der Waals surface area contributed by atoms with Gasteiger partial charge in [0.25, 0.3) is 0 Å². The summed E-state index contributed by atoms with van der Waals surface area (Å²) in [6.07, 6.45) is 1.18. The molecule has 30 heavy (non-hydrogen) atoms. The molecule has 0 aliphatic carbocycles. The van der Waals surface area contributed by atoms with Crippen molar-refractivity contribution in [2.45, 2.75) is 35.7 Å². The van der Waals surface area contributed by atoms with Gasteiger partial charge in [-0.25, -0.2) is 18.4 Å². The topological polar surface area (TPSA) is 115 Å². The minimum atomic E-state index is -3.82. The largest absolute Gasteiger partial charge is 0.382 e. The summed E-state index contributed by atoms with van der Waals surface area (Å²) in [5.74, 6) is -0.305. The molecule has 3 aromatic rings. The van der Waals surface area contributed by atoms with Gasteiger partial charge < -0.3 is 11.1 Å². The Hall–Kier alpha value is -2.91. The number of rotatable bonds is 6. The van der Waals surface area contributed by atoms with Crippen molar-refractivity contribution in [2.75, 3.05) is 16.8 Å². The molecule has 0 saturated heterocycles. The van der Waals surface area contributed by atoms with E-state index in [0.717, 1.165) is 28.5 Å². The number of hydrogen-bond donors (Lipinski definition) is 2. The third kappa shape index (κ3) is 4.98. The van der Waals surface area contributed by atoms with Crippen LogP contribution >= 0.6 is 11.8 Å². The van der Waals surface area contributed by atoms with Crippen molar-refractivity contribution in [3.63, 3.8) is 0 Å². The van der Waals surface area contributed by atoms with Crippen molar-refractivity contribution in [2.24, 2.45) is 0 Å². The Kier molecular flexibility index (Phi) is 6.42. The van der Waals surface area contributed by atoms with Gasteiger partial charge in [0.15, 0.2) is 5.16 Å². The molecule has 1 amide bonds. The number of amides is 1. The second-order valence-electron chi connectivity index (χ2n) is 6.85. The summed E-state index contributed by atoms with van der Waals surface area (Å²) in [7, 11) is -3.82. The van der Waals surface area contributed by atoms with Gasteiger partial charge in [0, 0.05) is 5.69 Å². The van der Waals surface area contributed by atoms with Gasteiger partial charge in [0.05, 0.1) is 16.8 Å². The average Bonchev–Trinajstić information content (AvgIpc) is 2.69. The first-order valence-electron chi connectivity index (χ1n) is 9.11. The van der Waals surface area contributed by atoms with Gasteiger partial charge in [-0.1, -0.05) is 35.5 Å². The molecule has 0 bridgehead atoms. The molecule has 0 fully saturated rings. The molecular formula is C21H22N4O3S2. The molecule has 0 unspecified atom stereocenters. The van der Waals surface area contributed by atoms with Crippen LogP contribution in [0.4, 0.5) is 11.5 Å². The first-order valence-corrected chi connectivity index (χ1v) is 11.6. The predicted molar refractivity (Wildman–Crippen MR) is 118 cm³/mol. The Bertz CT molecular complexity index is 1190. The zero-order valence-corrected chi connectivity index (χ0v) is 18.5. The second kappa shape index (κ2) is 8.85. The number of nitrogens with one attached hydrogen (secondary N) is 1.